The van der Waals surface area contributed by atoms with E-state index in [9.17, 15) is 4.79 Å². The van der Waals surface area contributed by atoms with Crippen LogP contribution in [0, 0.1) is 5.92 Å². The molecule has 0 saturated heterocycles. The molecular formula is C9H10BrNOS. The van der Waals surface area contributed by atoms with Gasteiger partial charge in [0, 0.05) is 11.8 Å². The molecule has 0 atom stereocenters. The van der Waals surface area contributed by atoms with Crippen LogP contribution in [0.15, 0.2) is 9.30 Å². The first kappa shape index (κ1) is 9.34. The van der Waals surface area contributed by atoms with Gasteiger partial charge in [-0.15, -0.1) is 11.3 Å². The number of aromatic nitrogens is 1. The van der Waals surface area contributed by atoms with Crippen LogP contribution in [-0.4, -0.2) is 10.8 Å². The van der Waals surface area contributed by atoms with Crippen molar-refractivity contribution in [3.05, 3.63) is 15.0 Å². The summed E-state index contributed by atoms with van der Waals surface area (Å²) in [6, 6.07) is 0. The molecule has 0 amide bonds. The van der Waals surface area contributed by atoms with Gasteiger partial charge in [-0.25, -0.2) is 4.98 Å². The van der Waals surface area contributed by atoms with Gasteiger partial charge in [0.15, 0.2) is 9.70 Å². The molecule has 1 heterocycles. The number of rotatable bonds is 4. The van der Waals surface area contributed by atoms with Gasteiger partial charge in [-0.2, -0.15) is 0 Å². The number of hydrogen-bond donors (Lipinski definition) is 0. The Balaban J connectivity index is 1.88. The number of halogens is 1. The summed E-state index contributed by atoms with van der Waals surface area (Å²) in [7, 11) is 0. The van der Waals surface area contributed by atoms with E-state index in [2.05, 4.69) is 20.9 Å². The van der Waals surface area contributed by atoms with Crippen molar-refractivity contribution in [3.63, 3.8) is 0 Å². The largest absolute Gasteiger partial charge is 0.292 e. The molecule has 1 fully saturated rings. The van der Waals surface area contributed by atoms with E-state index in [4.69, 9.17) is 0 Å². The monoisotopic (exact) mass is 259 g/mol. The lowest BCUT2D eigenvalue weighted by atomic mass is 10.1. The minimum absolute atomic E-state index is 0.189. The SMILES string of the molecule is O=C(CCC1CC1)c1csc(Br)n1. The van der Waals surface area contributed by atoms with Gasteiger partial charge in [0.2, 0.25) is 0 Å². The zero-order chi connectivity index (χ0) is 9.26. The molecular weight excluding hydrogens is 250 g/mol. The Morgan fingerprint density at radius 2 is 2.46 bits per heavy atom. The van der Waals surface area contributed by atoms with Gasteiger partial charge >= 0.3 is 0 Å². The fourth-order valence-corrected chi connectivity index (χ4v) is 2.27. The number of nitrogens with zero attached hydrogens (tertiary/aromatic N) is 1. The first-order chi connectivity index (χ1) is 6.25. The van der Waals surface area contributed by atoms with Crippen LogP contribution in [0.2, 0.25) is 0 Å². The lowest BCUT2D eigenvalue weighted by Gasteiger charge is -1.94. The van der Waals surface area contributed by atoms with Crippen molar-refractivity contribution in [1.29, 1.82) is 0 Å². The smallest absolute Gasteiger partial charge is 0.182 e. The average Bonchev–Trinajstić information content (AvgIpc) is 2.84. The van der Waals surface area contributed by atoms with E-state index in [1.54, 1.807) is 0 Å². The lowest BCUT2D eigenvalue weighted by Crippen LogP contribution is -1.99. The molecule has 0 aliphatic heterocycles. The molecule has 0 N–H and O–H groups in total. The van der Waals surface area contributed by atoms with E-state index in [-0.39, 0.29) is 5.78 Å². The predicted molar refractivity (Wildman–Crippen MR) is 56.1 cm³/mol. The lowest BCUT2D eigenvalue weighted by molar-refractivity contribution is 0.0974. The van der Waals surface area contributed by atoms with Crippen LogP contribution in [-0.2, 0) is 0 Å². The molecule has 4 heteroatoms. The summed E-state index contributed by atoms with van der Waals surface area (Å²) < 4.78 is 0.794. The molecule has 13 heavy (non-hydrogen) atoms. The second kappa shape index (κ2) is 3.88. The van der Waals surface area contributed by atoms with Crippen molar-refractivity contribution in [1.82, 2.24) is 4.98 Å². The quantitative estimate of drug-likeness (QED) is 0.777. The molecule has 70 valence electrons. The Bertz CT molecular complexity index is 319. The molecule has 2 rings (SSSR count). The van der Waals surface area contributed by atoms with Crippen molar-refractivity contribution in [2.75, 3.05) is 0 Å². The summed E-state index contributed by atoms with van der Waals surface area (Å²) in [6.07, 6.45) is 4.34. The van der Waals surface area contributed by atoms with Crippen LogP contribution in [0.3, 0.4) is 0 Å². The molecule has 0 unspecified atom stereocenters. The van der Waals surface area contributed by atoms with Gasteiger partial charge in [-0.3, -0.25) is 4.79 Å². The number of ketones is 1. The van der Waals surface area contributed by atoms with Crippen LogP contribution in [0.5, 0.6) is 0 Å². The third kappa shape index (κ3) is 2.61. The highest BCUT2D eigenvalue weighted by atomic mass is 79.9. The normalized spacial score (nSPS) is 16.1. The van der Waals surface area contributed by atoms with Crippen LogP contribution in [0.25, 0.3) is 0 Å². The van der Waals surface area contributed by atoms with Crippen LogP contribution >= 0.6 is 27.3 Å². The van der Waals surface area contributed by atoms with Gasteiger partial charge < -0.3 is 0 Å². The summed E-state index contributed by atoms with van der Waals surface area (Å²) in [6.45, 7) is 0. The van der Waals surface area contributed by atoms with Crippen LogP contribution in [0.1, 0.15) is 36.2 Å². The zero-order valence-electron chi connectivity index (χ0n) is 7.12. The Morgan fingerprint density at radius 1 is 1.69 bits per heavy atom. The summed E-state index contributed by atoms with van der Waals surface area (Å²) in [4.78, 5) is 15.6. The van der Waals surface area contributed by atoms with Crippen molar-refractivity contribution in [3.8, 4) is 0 Å². The molecule has 0 radical (unpaired) electrons. The number of carbonyl (C=O) groups excluding carboxylic acids is 1. The predicted octanol–water partition coefficient (Wildman–Crippen LogP) is 3.28. The zero-order valence-corrected chi connectivity index (χ0v) is 9.53. The van der Waals surface area contributed by atoms with Gasteiger partial charge in [0.1, 0.15) is 5.69 Å². The van der Waals surface area contributed by atoms with E-state index in [0.29, 0.717) is 12.1 Å². The Labute approximate surface area is 89.5 Å². The Morgan fingerprint density at radius 3 is 3.00 bits per heavy atom. The van der Waals surface area contributed by atoms with Gasteiger partial charge in [0.05, 0.1) is 0 Å². The Kier molecular flexibility index (Phi) is 2.79. The highest BCUT2D eigenvalue weighted by molar-refractivity contribution is 9.11. The summed E-state index contributed by atoms with van der Waals surface area (Å²) in [5.74, 6) is 1.01. The minimum Gasteiger partial charge on any atom is -0.292 e. The van der Waals surface area contributed by atoms with Crippen LogP contribution < -0.4 is 0 Å². The second-order valence-corrected chi connectivity index (χ2v) is 5.53. The molecule has 1 aliphatic rings. The Hall–Kier alpha value is -0.220. The summed E-state index contributed by atoms with van der Waals surface area (Å²) >= 11 is 4.72. The maximum atomic E-state index is 11.5. The maximum absolute atomic E-state index is 11.5. The van der Waals surface area contributed by atoms with E-state index < -0.39 is 0 Å². The van der Waals surface area contributed by atoms with Gasteiger partial charge in [-0.1, -0.05) is 12.8 Å². The topological polar surface area (TPSA) is 30.0 Å². The fraction of sp³-hybridized carbons (Fsp3) is 0.556. The average molecular weight is 260 g/mol. The molecule has 1 saturated carbocycles. The molecule has 0 bridgehead atoms. The van der Waals surface area contributed by atoms with Crippen molar-refractivity contribution in [2.45, 2.75) is 25.7 Å². The maximum Gasteiger partial charge on any atom is 0.182 e. The molecule has 1 aromatic heterocycles. The van der Waals surface area contributed by atoms with E-state index in [1.165, 1.54) is 24.2 Å². The fourth-order valence-electron chi connectivity index (χ4n) is 1.25. The van der Waals surface area contributed by atoms with Crippen molar-refractivity contribution < 1.29 is 4.79 Å². The summed E-state index contributed by atoms with van der Waals surface area (Å²) in [5, 5.41) is 1.82. The minimum atomic E-state index is 0.189. The van der Waals surface area contributed by atoms with Crippen LogP contribution in [0.4, 0.5) is 0 Å². The van der Waals surface area contributed by atoms with Crippen molar-refractivity contribution in [2.24, 2.45) is 5.92 Å². The number of thiazole rings is 1. The summed E-state index contributed by atoms with van der Waals surface area (Å²) in [5.41, 5.74) is 0.623. The standard InChI is InChI=1S/C9H10BrNOS/c10-9-11-7(5-13-9)8(12)4-3-6-1-2-6/h5-6H,1-4H2. The molecule has 0 spiro atoms. The second-order valence-electron chi connectivity index (χ2n) is 3.39. The van der Waals surface area contributed by atoms with E-state index >= 15 is 0 Å². The highest BCUT2D eigenvalue weighted by Gasteiger charge is 2.22. The van der Waals surface area contributed by atoms with Crippen molar-refractivity contribution >= 4 is 33.0 Å². The number of Topliss-reactive ketones (excluding diaryl/α,β-unsaturated/α-hetero) is 1. The number of hydrogen-bond acceptors (Lipinski definition) is 3. The third-order valence-corrected chi connectivity index (χ3v) is 3.60. The highest BCUT2D eigenvalue weighted by Crippen LogP contribution is 2.33. The molecule has 1 aliphatic carbocycles. The molecule has 2 nitrogen and oxygen atoms in total. The van der Waals surface area contributed by atoms with E-state index in [0.717, 1.165) is 16.3 Å². The molecule has 1 aromatic rings. The first-order valence-corrected chi connectivity index (χ1v) is 6.07. The van der Waals surface area contributed by atoms with Gasteiger partial charge in [-0.05, 0) is 28.3 Å². The van der Waals surface area contributed by atoms with Gasteiger partial charge in [0.25, 0.3) is 0 Å². The van der Waals surface area contributed by atoms with E-state index in [1.807, 2.05) is 5.38 Å². The number of carbonyl (C=O) groups is 1. The first-order valence-electron chi connectivity index (χ1n) is 4.40. The molecule has 0 aromatic carbocycles. The third-order valence-electron chi connectivity index (χ3n) is 2.24.